The first-order valence-electron chi connectivity index (χ1n) is 9.23. The number of halogens is 1. The van der Waals surface area contributed by atoms with Gasteiger partial charge in [-0.25, -0.2) is 14.4 Å². The van der Waals surface area contributed by atoms with Crippen LogP contribution in [0, 0.1) is 12.7 Å². The zero-order valence-corrected chi connectivity index (χ0v) is 15.7. The van der Waals surface area contributed by atoms with Crippen molar-refractivity contribution >= 4 is 11.0 Å². The van der Waals surface area contributed by atoms with Gasteiger partial charge in [-0.1, -0.05) is 0 Å². The van der Waals surface area contributed by atoms with E-state index in [9.17, 15) is 14.6 Å². The second-order valence-corrected chi connectivity index (χ2v) is 7.14. The molecule has 1 saturated carbocycles. The van der Waals surface area contributed by atoms with Gasteiger partial charge in [-0.3, -0.25) is 0 Å². The van der Waals surface area contributed by atoms with Crippen molar-refractivity contribution in [2.45, 2.75) is 44.2 Å². The van der Waals surface area contributed by atoms with Crippen molar-refractivity contribution in [3.8, 4) is 5.75 Å². The standard InChI is InChI=1S/C20H23FN4O3/c1-11-14-5-6-25(20(14)24-10-23-11)15-8-17(19(27)18(15)26)28-16-4-3-13(21)7-12(16)9-22-2/h3-7,10,15,17-19,22,26-27H,8-9H2,1-2H3/t15-,17+,18+,19-/m1/s1. The summed E-state index contributed by atoms with van der Waals surface area (Å²) in [4.78, 5) is 8.52. The maximum Gasteiger partial charge on any atom is 0.143 e. The molecule has 4 atom stereocenters. The molecule has 1 aliphatic carbocycles. The highest BCUT2D eigenvalue weighted by Crippen LogP contribution is 2.36. The Kier molecular flexibility index (Phi) is 5.01. The molecule has 0 saturated heterocycles. The average molecular weight is 386 g/mol. The Labute approximate surface area is 161 Å². The first-order chi connectivity index (χ1) is 13.5. The van der Waals surface area contributed by atoms with E-state index < -0.39 is 18.3 Å². The van der Waals surface area contributed by atoms with Crippen LogP contribution in [0.4, 0.5) is 4.39 Å². The van der Waals surface area contributed by atoms with E-state index in [1.54, 1.807) is 13.1 Å². The fourth-order valence-corrected chi connectivity index (χ4v) is 3.88. The molecular formula is C20H23FN4O3. The van der Waals surface area contributed by atoms with Gasteiger partial charge in [-0.2, -0.15) is 0 Å². The zero-order valence-electron chi connectivity index (χ0n) is 15.7. The summed E-state index contributed by atoms with van der Waals surface area (Å²) in [6, 6.07) is 5.79. The van der Waals surface area contributed by atoms with Crippen LogP contribution in [0.25, 0.3) is 11.0 Å². The smallest absolute Gasteiger partial charge is 0.143 e. The number of aliphatic hydroxyl groups excluding tert-OH is 2. The molecule has 0 spiro atoms. The Morgan fingerprint density at radius 3 is 2.86 bits per heavy atom. The highest BCUT2D eigenvalue weighted by atomic mass is 19.1. The van der Waals surface area contributed by atoms with E-state index in [4.69, 9.17) is 4.74 Å². The van der Waals surface area contributed by atoms with Crippen LogP contribution in [0.15, 0.2) is 36.8 Å². The summed E-state index contributed by atoms with van der Waals surface area (Å²) in [5.74, 6) is 0.138. The number of hydrogen-bond acceptors (Lipinski definition) is 6. The van der Waals surface area contributed by atoms with Crippen LogP contribution in [-0.2, 0) is 6.54 Å². The van der Waals surface area contributed by atoms with Crippen molar-refractivity contribution in [1.29, 1.82) is 0 Å². The Morgan fingerprint density at radius 2 is 2.07 bits per heavy atom. The van der Waals surface area contributed by atoms with E-state index >= 15 is 0 Å². The van der Waals surface area contributed by atoms with Crippen LogP contribution in [0.3, 0.4) is 0 Å². The maximum absolute atomic E-state index is 13.6. The van der Waals surface area contributed by atoms with Crippen molar-refractivity contribution in [3.63, 3.8) is 0 Å². The van der Waals surface area contributed by atoms with E-state index in [0.717, 1.165) is 11.1 Å². The molecule has 7 nitrogen and oxygen atoms in total. The summed E-state index contributed by atoms with van der Waals surface area (Å²) in [6.45, 7) is 2.33. The lowest BCUT2D eigenvalue weighted by atomic mass is 10.2. The molecule has 1 fully saturated rings. The van der Waals surface area contributed by atoms with Crippen LogP contribution in [-0.4, -0.2) is 50.1 Å². The summed E-state index contributed by atoms with van der Waals surface area (Å²) in [7, 11) is 1.76. The molecule has 0 bridgehead atoms. The SMILES string of the molecule is CNCc1cc(F)ccc1O[C@H]1C[C@@H](n2ccc3c(C)ncnc32)[C@H](O)[C@@H]1O. The van der Waals surface area contributed by atoms with Gasteiger partial charge in [0.1, 0.15) is 41.9 Å². The Balaban J connectivity index is 1.61. The molecule has 3 aromatic rings. The highest BCUT2D eigenvalue weighted by molar-refractivity contribution is 5.78. The molecule has 28 heavy (non-hydrogen) atoms. The average Bonchev–Trinajstić information content (AvgIpc) is 3.21. The third-order valence-electron chi connectivity index (χ3n) is 5.33. The van der Waals surface area contributed by atoms with E-state index in [1.165, 1.54) is 18.5 Å². The minimum absolute atomic E-state index is 0.351. The number of fused-ring (bicyclic) bond motifs is 1. The molecular weight excluding hydrogens is 363 g/mol. The molecule has 1 aromatic carbocycles. The Bertz CT molecular complexity index is 993. The normalized spacial score (nSPS) is 24.8. The molecule has 0 aliphatic heterocycles. The number of benzene rings is 1. The summed E-state index contributed by atoms with van der Waals surface area (Å²) >= 11 is 0. The van der Waals surface area contributed by atoms with E-state index in [2.05, 4.69) is 15.3 Å². The fourth-order valence-electron chi connectivity index (χ4n) is 3.88. The number of aliphatic hydroxyl groups is 2. The molecule has 3 N–H and O–H groups in total. The number of aryl methyl sites for hydroxylation is 1. The van der Waals surface area contributed by atoms with Crippen molar-refractivity contribution in [2.24, 2.45) is 0 Å². The van der Waals surface area contributed by atoms with Crippen molar-refractivity contribution in [2.75, 3.05) is 7.05 Å². The van der Waals surface area contributed by atoms with E-state index in [-0.39, 0.29) is 11.9 Å². The molecule has 0 amide bonds. The van der Waals surface area contributed by atoms with Crippen LogP contribution < -0.4 is 10.1 Å². The fraction of sp³-hybridized carbons (Fsp3) is 0.400. The zero-order chi connectivity index (χ0) is 19.8. The Morgan fingerprint density at radius 1 is 1.25 bits per heavy atom. The van der Waals surface area contributed by atoms with Crippen LogP contribution >= 0.6 is 0 Å². The molecule has 0 unspecified atom stereocenters. The Hall–Kier alpha value is -2.55. The third-order valence-corrected chi connectivity index (χ3v) is 5.33. The molecule has 1 aliphatic rings. The second kappa shape index (κ2) is 7.46. The molecule has 148 valence electrons. The second-order valence-electron chi connectivity index (χ2n) is 7.14. The van der Waals surface area contributed by atoms with Crippen molar-refractivity contribution in [3.05, 3.63) is 53.9 Å². The van der Waals surface area contributed by atoms with Gasteiger partial charge >= 0.3 is 0 Å². The van der Waals surface area contributed by atoms with Gasteiger partial charge < -0.3 is 24.8 Å². The van der Waals surface area contributed by atoms with Gasteiger partial charge in [-0.15, -0.1) is 0 Å². The van der Waals surface area contributed by atoms with E-state index in [1.807, 2.05) is 23.8 Å². The third kappa shape index (κ3) is 3.23. The summed E-state index contributed by atoms with van der Waals surface area (Å²) in [5, 5.41) is 25.1. The predicted molar refractivity (Wildman–Crippen MR) is 102 cm³/mol. The number of nitrogens with zero attached hydrogens (tertiary/aromatic N) is 3. The van der Waals surface area contributed by atoms with Gasteiger partial charge in [0.25, 0.3) is 0 Å². The highest BCUT2D eigenvalue weighted by Gasteiger charge is 2.44. The predicted octanol–water partition coefficient (Wildman–Crippen LogP) is 1.71. The van der Waals surface area contributed by atoms with Gasteiger partial charge in [0, 0.05) is 30.1 Å². The van der Waals surface area contributed by atoms with E-state index in [0.29, 0.717) is 29.9 Å². The molecule has 0 radical (unpaired) electrons. The number of ether oxygens (including phenoxy) is 1. The van der Waals surface area contributed by atoms with Crippen molar-refractivity contribution < 1.29 is 19.3 Å². The number of nitrogens with one attached hydrogen (secondary N) is 1. The quantitative estimate of drug-likeness (QED) is 0.618. The van der Waals surface area contributed by atoms with Crippen LogP contribution in [0.1, 0.15) is 23.7 Å². The number of rotatable bonds is 5. The topological polar surface area (TPSA) is 92.4 Å². The number of aromatic nitrogens is 3. The lowest BCUT2D eigenvalue weighted by molar-refractivity contribution is -0.0166. The number of hydrogen-bond donors (Lipinski definition) is 3. The molecule has 4 rings (SSSR count). The summed E-state index contributed by atoms with van der Waals surface area (Å²) in [5.41, 5.74) is 2.22. The minimum atomic E-state index is -1.07. The van der Waals surface area contributed by atoms with Crippen LogP contribution in [0.2, 0.25) is 0 Å². The maximum atomic E-state index is 13.6. The lowest BCUT2D eigenvalue weighted by Gasteiger charge is -2.20. The largest absolute Gasteiger partial charge is 0.487 e. The van der Waals surface area contributed by atoms with Gasteiger partial charge in [0.2, 0.25) is 0 Å². The monoisotopic (exact) mass is 386 g/mol. The van der Waals surface area contributed by atoms with Gasteiger partial charge in [0.05, 0.1) is 11.7 Å². The van der Waals surface area contributed by atoms with Crippen molar-refractivity contribution in [1.82, 2.24) is 19.9 Å². The van der Waals surface area contributed by atoms with Gasteiger partial charge in [-0.05, 0) is 38.2 Å². The molecule has 8 heteroatoms. The van der Waals surface area contributed by atoms with Crippen LogP contribution in [0.5, 0.6) is 5.75 Å². The first-order valence-corrected chi connectivity index (χ1v) is 9.23. The lowest BCUT2D eigenvalue weighted by Crippen LogP contribution is -2.34. The first kappa shape index (κ1) is 18.8. The minimum Gasteiger partial charge on any atom is -0.487 e. The molecule has 2 aromatic heterocycles. The summed E-state index contributed by atoms with van der Waals surface area (Å²) < 4.78 is 21.4. The van der Waals surface area contributed by atoms with Gasteiger partial charge in [0.15, 0.2) is 0 Å². The molecule has 2 heterocycles. The summed E-state index contributed by atoms with van der Waals surface area (Å²) in [6.07, 6.45) is 1.02.